The Kier molecular flexibility index (Phi) is 2.02. The average molecular weight is 186 g/mol. The molecule has 1 aliphatic carbocycles. The summed E-state index contributed by atoms with van der Waals surface area (Å²) in [5, 5.41) is 0. The van der Waals surface area contributed by atoms with Gasteiger partial charge in [-0.15, -0.1) is 0 Å². The van der Waals surface area contributed by atoms with Crippen molar-refractivity contribution in [2.75, 3.05) is 0 Å². The van der Waals surface area contributed by atoms with Crippen LogP contribution in [-0.2, 0) is 5.41 Å². The smallest absolute Gasteiger partial charge is 0.0206 e. The predicted octanol–water partition coefficient (Wildman–Crippen LogP) is 4.00. The van der Waals surface area contributed by atoms with Gasteiger partial charge in [0.1, 0.15) is 0 Å². The third-order valence-electron chi connectivity index (χ3n) is 3.93. The molecule has 0 N–H and O–H groups in total. The van der Waals surface area contributed by atoms with E-state index in [4.69, 9.17) is 0 Å². The van der Waals surface area contributed by atoms with Gasteiger partial charge in [0.25, 0.3) is 0 Å². The molecule has 74 valence electrons. The van der Waals surface area contributed by atoms with Crippen molar-refractivity contribution in [3.8, 4) is 0 Å². The minimum atomic E-state index is 0.357. The summed E-state index contributed by atoms with van der Waals surface area (Å²) in [4.78, 5) is 0. The molecule has 0 amide bonds. The Morgan fingerprint density at radius 1 is 1.43 bits per heavy atom. The zero-order valence-electron chi connectivity index (χ0n) is 9.30. The van der Waals surface area contributed by atoms with Crippen LogP contribution >= 0.6 is 0 Å². The predicted molar refractivity (Wildman–Crippen MR) is 62.4 cm³/mol. The summed E-state index contributed by atoms with van der Waals surface area (Å²) in [5.41, 5.74) is 4.67. The number of benzene rings is 1. The maximum Gasteiger partial charge on any atom is 0.0206 e. The van der Waals surface area contributed by atoms with Crippen LogP contribution in [0.2, 0.25) is 0 Å². The van der Waals surface area contributed by atoms with E-state index >= 15 is 0 Å². The van der Waals surface area contributed by atoms with Crippen LogP contribution in [-0.4, -0.2) is 0 Å². The van der Waals surface area contributed by atoms with Crippen molar-refractivity contribution in [3.63, 3.8) is 0 Å². The van der Waals surface area contributed by atoms with E-state index in [-0.39, 0.29) is 0 Å². The maximum atomic E-state index is 3.81. The van der Waals surface area contributed by atoms with Gasteiger partial charge in [-0.05, 0) is 22.6 Å². The monoisotopic (exact) mass is 186 g/mol. The fourth-order valence-corrected chi connectivity index (χ4v) is 2.39. The van der Waals surface area contributed by atoms with Crippen molar-refractivity contribution in [2.45, 2.75) is 32.6 Å². The fraction of sp³-hybridized carbons (Fsp3) is 0.429. The van der Waals surface area contributed by atoms with E-state index in [1.165, 1.54) is 23.1 Å². The molecule has 2 unspecified atom stereocenters. The van der Waals surface area contributed by atoms with Crippen LogP contribution in [0.25, 0.3) is 6.08 Å². The van der Waals surface area contributed by atoms with Crippen LogP contribution in [0.4, 0.5) is 0 Å². The number of hydrogen-bond donors (Lipinski definition) is 0. The minimum absolute atomic E-state index is 0.357. The summed E-state index contributed by atoms with van der Waals surface area (Å²) in [7, 11) is 0. The molecule has 0 aliphatic heterocycles. The molecule has 2 atom stereocenters. The fourth-order valence-electron chi connectivity index (χ4n) is 2.39. The first-order chi connectivity index (χ1) is 6.64. The second-order valence-corrected chi connectivity index (χ2v) is 4.52. The number of hydrogen-bond acceptors (Lipinski definition) is 0. The Morgan fingerprint density at radius 2 is 2.14 bits per heavy atom. The molecule has 2 rings (SSSR count). The average Bonchev–Trinajstić information content (AvgIpc) is 2.84. The SMILES string of the molecule is C=Cc1ccc2c(c1)C2(C)C(C)CC. The molecule has 1 aliphatic rings. The third-order valence-corrected chi connectivity index (χ3v) is 3.93. The van der Waals surface area contributed by atoms with Crippen molar-refractivity contribution in [2.24, 2.45) is 5.92 Å². The molecule has 0 heteroatoms. The first-order valence-corrected chi connectivity index (χ1v) is 5.42. The van der Waals surface area contributed by atoms with Gasteiger partial charge >= 0.3 is 0 Å². The highest BCUT2D eigenvalue weighted by Gasteiger charge is 2.48. The second kappa shape index (κ2) is 2.98. The first-order valence-electron chi connectivity index (χ1n) is 5.42. The summed E-state index contributed by atoms with van der Waals surface area (Å²) in [5.74, 6) is 0.748. The van der Waals surface area contributed by atoms with E-state index in [0.717, 1.165) is 5.92 Å². The van der Waals surface area contributed by atoms with E-state index in [1.54, 1.807) is 0 Å². The van der Waals surface area contributed by atoms with Crippen LogP contribution in [0.15, 0.2) is 24.8 Å². The topological polar surface area (TPSA) is 0 Å². The molecule has 0 saturated carbocycles. The molecular formula is C14H18. The van der Waals surface area contributed by atoms with Crippen LogP contribution in [0, 0.1) is 5.92 Å². The molecule has 0 aromatic heterocycles. The Morgan fingerprint density at radius 3 is 2.71 bits per heavy atom. The molecule has 14 heavy (non-hydrogen) atoms. The van der Waals surface area contributed by atoms with Gasteiger partial charge in [0, 0.05) is 5.41 Å². The van der Waals surface area contributed by atoms with E-state index in [2.05, 4.69) is 45.5 Å². The van der Waals surface area contributed by atoms with E-state index in [1.807, 2.05) is 6.08 Å². The summed E-state index contributed by atoms with van der Waals surface area (Å²) < 4.78 is 0. The largest absolute Gasteiger partial charge is 0.0985 e. The van der Waals surface area contributed by atoms with Gasteiger partial charge in [-0.25, -0.2) is 0 Å². The lowest BCUT2D eigenvalue weighted by Gasteiger charge is -2.17. The third kappa shape index (κ3) is 1.06. The molecule has 1 aromatic rings. The Bertz CT molecular complexity index is 376. The van der Waals surface area contributed by atoms with Crippen LogP contribution < -0.4 is 0 Å². The Labute approximate surface area is 86.7 Å². The highest BCUT2D eigenvalue weighted by molar-refractivity contribution is 5.64. The van der Waals surface area contributed by atoms with Gasteiger partial charge in [-0.1, -0.05) is 58.0 Å². The summed E-state index contributed by atoms with van der Waals surface area (Å²) in [6, 6.07) is 6.71. The zero-order valence-corrected chi connectivity index (χ0v) is 9.30. The molecule has 0 spiro atoms. The molecule has 0 saturated heterocycles. The quantitative estimate of drug-likeness (QED) is 0.669. The van der Waals surface area contributed by atoms with Gasteiger partial charge < -0.3 is 0 Å². The van der Waals surface area contributed by atoms with Crippen molar-refractivity contribution < 1.29 is 0 Å². The van der Waals surface area contributed by atoms with Gasteiger partial charge in [0.2, 0.25) is 0 Å². The lowest BCUT2D eigenvalue weighted by atomic mass is 9.86. The molecule has 0 bridgehead atoms. The van der Waals surface area contributed by atoms with Gasteiger partial charge in [0.15, 0.2) is 0 Å². The molecule has 0 heterocycles. The molecule has 0 radical (unpaired) electrons. The Hall–Kier alpha value is -1.04. The number of rotatable bonds is 3. The lowest BCUT2D eigenvalue weighted by Crippen LogP contribution is -2.13. The molecule has 0 nitrogen and oxygen atoms in total. The van der Waals surface area contributed by atoms with Crippen molar-refractivity contribution in [1.82, 2.24) is 0 Å². The van der Waals surface area contributed by atoms with E-state index in [9.17, 15) is 0 Å². The molecule has 0 fully saturated rings. The van der Waals surface area contributed by atoms with E-state index < -0.39 is 0 Å². The zero-order chi connectivity index (χ0) is 10.3. The standard InChI is InChI=1S/C14H18/c1-5-10(3)14(4)12-8-7-11(6-2)9-13(12)14/h6-10H,2,5H2,1,3-4H3. The maximum absolute atomic E-state index is 3.81. The first kappa shape index (κ1) is 9.51. The second-order valence-electron chi connectivity index (χ2n) is 4.52. The molecular weight excluding hydrogens is 168 g/mol. The normalized spacial score (nSPS) is 25.4. The Balaban J connectivity index is 2.35. The summed E-state index contributed by atoms with van der Waals surface area (Å²) >= 11 is 0. The highest BCUT2D eigenvalue weighted by atomic mass is 14.5. The minimum Gasteiger partial charge on any atom is -0.0985 e. The highest BCUT2D eigenvalue weighted by Crippen LogP contribution is 2.55. The van der Waals surface area contributed by atoms with Gasteiger partial charge in [-0.2, -0.15) is 0 Å². The van der Waals surface area contributed by atoms with Crippen molar-refractivity contribution in [3.05, 3.63) is 41.5 Å². The van der Waals surface area contributed by atoms with Crippen LogP contribution in [0.1, 0.15) is 43.9 Å². The van der Waals surface area contributed by atoms with Crippen molar-refractivity contribution >= 4 is 6.08 Å². The van der Waals surface area contributed by atoms with E-state index in [0.29, 0.717) is 5.41 Å². The summed E-state index contributed by atoms with van der Waals surface area (Å²) in [6.07, 6.45) is 3.17. The number of fused-ring (bicyclic) bond motifs is 1. The van der Waals surface area contributed by atoms with Gasteiger partial charge in [0.05, 0.1) is 0 Å². The van der Waals surface area contributed by atoms with Gasteiger partial charge in [-0.3, -0.25) is 0 Å². The summed E-state index contributed by atoms with van der Waals surface area (Å²) in [6.45, 7) is 10.8. The molecule has 1 aromatic carbocycles. The van der Waals surface area contributed by atoms with Crippen molar-refractivity contribution in [1.29, 1.82) is 0 Å². The van der Waals surface area contributed by atoms with Crippen LogP contribution in [0.5, 0.6) is 0 Å². The van der Waals surface area contributed by atoms with Crippen LogP contribution in [0.3, 0.4) is 0 Å². The lowest BCUT2D eigenvalue weighted by molar-refractivity contribution is 0.430.